The predicted octanol–water partition coefficient (Wildman–Crippen LogP) is 5.45. The number of anilines is 3. The fourth-order valence-electron chi connectivity index (χ4n) is 3.73. The zero-order chi connectivity index (χ0) is 27.9. The summed E-state index contributed by atoms with van der Waals surface area (Å²) in [6, 6.07) is 8.77. The third-order valence-corrected chi connectivity index (χ3v) is 5.98. The van der Waals surface area contributed by atoms with E-state index in [1.807, 2.05) is 6.07 Å². The molecule has 0 aliphatic carbocycles. The minimum absolute atomic E-state index is 0.0553. The second-order valence-electron chi connectivity index (χ2n) is 7.78. The molecule has 0 unspecified atom stereocenters. The third-order valence-electron chi connectivity index (χ3n) is 5.67. The maximum absolute atomic E-state index is 12.7. The molecule has 15 heteroatoms. The summed E-state index contributed by atoms with van der Waals surface area (Å²) in [7, 11) is 3.05. The molecule has 37 heavy (non-hydrogen) atoms. The van der Waals surface area contributed by atoms with E-state index in [1.54, 1.807) is 18.0 Å². The Morgan fingerprint density at radius 2 is 1.41 bits per heavy atom. The smallest absolute Gasteiger partial charge is 0.383 e. The summed E-state index contributed by atoms with van der Waals surface area (Å²) in [6.45, 7) is 0.305. The Morgan fingerprint density at radius 1 is 0.946 bits per heavy atom. The molecular formula is C22H21ClF3N7O4. The zero-order valence-corrected chi connectivity index (χ0v) is 20.4. The van der Waals surface area contributed by atoms with Gasteiger partial charge in [-0.15, -0.1) is 0 Å². The fourth-order valence-corrected chi connectivity index (χ4v) is 3.93. The maximum atomic E-state index is 12.7. The second kappa shape index (κ2) is 12.1. The molecule has 0 saturated carbocycles. The van der Waals surface area contributed by atoms with Gasteiger partial charge in [-0.25, -0.2) is 0 Å². The molecule has 0 spiro atoms. The van der Waals surface area contributed by atoms with Gasteiger partial charge in [-0.2, -0.15) is 23.7 Å². The summed E-state index contributed by atoms with van der Waals surface area (Å²) in [6.07, 6.45) is -4.32. The highest BCUT2D eigenvalue weighted by Gasteiger charge is 2.41. The van der Waals surface area contributed by atoms with Gasteiger partial charge in [0.25, 0.3) is 11.4 Å². The van der Waals surface area contributed by atoms with Crippen molar-refractivity contribution in [3.8, 4) is 12.1 Å². The molecule has 0 bridgehead atoms. The number of benzene rings is 2. The normalized spacial score (nSPS) is 13.5. The molecule has 2 N–H and O–H groups in total. The largest absolute Gasteiger partial charge is 0.391 e. The maximum Gasteiger partial charge on any atom is 0.391 e. The monoisotopic (exact) mass is 539 g/mol. The Labute approximate surface area is 214 Å². The van der Waals surface area contributed by atoms with Crippen LogP contribution >= 0.6 is 11.6 Å². The lowest BCUT2D eigenvalue weighted by molar-refractivity contribution is -0.384. The van der Waals surface area contributed by atoms with Crippen molar-refractivity contribution in [2.45, 2.75) is 19.0 Å². The van der Waals surface area contributed by atoms with Crippen LogP contribution in [0.3, 0.4) is 0 Å². The Morgan fingerprint density at radius 3 is 1.81 bits per heavy atom. The molecule has 2 aromatic rings. The summed E-state index contributed by atoms with van der Waals surface area (Å²) < 4.78 is 38.2. The summed E-state index contributed by atoms with van der Waals surface area (Å²) in [5.41, 5.74) is 0.717. The number of nitriles is 2. The lowest BCUT2D eigenvalue weighted by Crippen LogP contribution is -2.39. The first-order valence-corrected chi connectivity index (χ1v) is 11.0. The first-order valence-electron chi connectivity index (χ1n) is 10.7. The molecular weight excluding hydrogens is 519 g/mol. The topological polar surface area (TPSA) is 161 Å². The van der Waals surface area contributed by atoms with Gasteiger partial charge in [0.1, 0.15) is 23.5 Å². The van der Waals surface area contributed by atoms with Crippen LogP contribution in [0, 0.1) is 48.8 Å². The lowest BCUT2D eigenvalue weighted by Gasteiger charge is -2.35. The molecule has 1 aliphatic heterocycles. The van der Waals surface area contributed by atoms with Gasteiger partial charge in [0, 0.05) is 39.3 Å². The van der Waals surface area contributed by atoms with Gasteiger partial charge < -0.3 is 15.5 Å². The van der Waals surface area contributed by atoms with Crippen LogP contribution in [0.2, 0.25) is 5.02 Å². The van der Waals surface area contributed by atoms with Crippen molar-refractivity contribution in [3.63, 3.8) is 0 Å². The molecule has 1 fully saturated rings. The first kappa shape index (κ1) is 28.9. The van der Waals surface area contributed by atoms with Gasteiger partial charge >= 0.3 is 6.18 Å². The molecule has 11 nitrogen and oxygen atoms in total. The van der Waals surface area contributed by atoms with E-state index in [2.05, 4.69) is 10.6 Å². The van der Waals surface area contributed by atoms with E-state index >= 15 is 0 Å². The second-order valence-corrected chi connectivity index (χ2v) is 8.18. The van der Waals surface area contributed by atoms with Crippen LogP contribution in [0.1, 0.15) is 24.0 Å². The van der Waals surface area contributed by atoms with Gasteiger partial charge in [-0.3, -0.25) is 20.2 Å². The van der Waals surface area contributed by atoms with Crippen LogP contribution in [0.4, 0.5) is 41.6 Å². The number of nitro benzene ring substituents is 2. The molecule has 3 rings (SSSR count). The lowest BCUT2D eigenvalue weighted by atomic mass is 9.95. The van der Waals surface area contributed by atoms with E-state index in [4.69, 9.17) is 16.9 Å². The summed E-state index contributed by atoms with van der Waals surface area (Å²) in [5.74, 6) is -1.34. The minimum Gasteiger partial charge on any atom is -0.383 e. The van der Waals surface area contributed by atoms with Gasteiger partial charge in [-0.1, -0.05) is 11.6 Å². The Bertz CT molecular complexity index is 1270. The number of nitrogens with one attached hydrogen (secondary N) is 2. The summed E-state index contributed by atoms with van der Waals surface area (Å²) in [5, 5.41) is 44.9. The van der Waals surface area contributed by atoms with Crippen LogP contribution in [0.15, 0.2) is 24.3 Å². The number of nitrogens with zero attached hydrogens (tertiary/aromatic N) is 5. The van der Waals surface area contributed by atoms with Crippen molar-refractivity contribution in [2.24, 2.45) is 5.92 Å². The zero-order valence-electron chi connectivity index (χ0n) is 19.6. The van der Waals surface area contributed by atoms with Crippen LogP contribution in [0.5, 0.6) is 0 Å². The number of piperidine rings is 1. The van der Waals surface area contributed by atoms with Gasteiger partial charge in [0.2, 0.25) is 0 Å². The fraction of sp³-hybridized carbons (Fsp3) is 0.364. The van der Waals surface area contributed by atoms with Crippen LogP contribution in [-0.2, 0) is 0 Å². The Kier molecular flexibility index (Phi) is 9.46. The van der Waals surface area contributed by atoms with E-state index in [9.17, 15) is 38.7 Å². The first-order chi connectivity index (χ1) is 17.4. The highest BCUT2D eigenvalue weighted by atomic mass is 35.5. The number of nitro groups is 2. The minimum atomic E-state index is -4.21. The highest BCUT2D eigenvalue weighted by molar-refractivity contribution is 6.32. The number of rotatable bonds is 5. The van der Waals surface area contributed by atoms with E-state index in [0.29, 0.717) is 11.4 Å². The van der Waals surface area contributed by atoms with Gasteiger partial charge in [-0.05, 0) is 25.0 Å². The molecule has 1 heterocycles. The molecule has 0 atom stereocenters. The number of alkyl halides is 3. The number of hydrogen-bond acceptors (Lipinski definition) is 9. The Hall–Kier alpha value is -4.30. The van der Waals surface area contributed by atoms with Crippen molar-refractivity contribution >= 4 is 40.0 Å². The Balaban J connectivity index is 0.000000294. The molecule has 2 aromatic carbocycles. The van der Waals surface area contributed by atoms with E-state index in [0.717, 1.165) is 12.1 Å². The molecule has 0 amide bonds. The van der Waals surface area contributed by atoms with Crippen LogP contribution < -0.4 is 15.5 Å². The molecule has 1 aliphatic rings. The van der Waals surface area contributed by atoms with Crippen LogP contribution in [-0.4, -0.2) is 43.2 Å². The standard InChI is InChI=1S/C14H15F3N4O2.C8H6ClN3O2/c1-19-11-7-12(9(8-18)6-13(11)21(22)23)20-4-2-10(3-5-20)14(15,16)17;1-11-7-3-6(9)5(4-10)2-8(7)12(13)14/h6-7,10,19H,2-5H2,1H3;2-3,11H,1H3. The SMILES string of the molecule is CNc1cc(Cl)c(C#N)cc1[N+](=O)[O-].CNc1cc(N2CCC(C(F)(F)F)CC2)c(C#N)cc1[N+](=O)[O-]. The number of hydrogen-bond donors (Lipinski definition) is 2. The molecule has 1 saturated heterocycles. The molecule has 0 aromatic heterocycles. The van der Waals surface area contributed by atoms with E-state index < -0.39 is 21.9 Å². The van der Waals surface area contributed by atoms with E-state index in [-0.39, 0.29) is 59.1 Å². The molecule has 0 radical (unpaired) electrons. The average Bonchev–Trinajstić information content (AvgIpc) is 2.87. The highest BCUT2D eigenvalue weighted by Crippen LogP contribution is 2.38. The van der Waals surface area contributed by atoms with Crippen molar-refractivity contribution in [2.75, 3.05) is 42.7 Å². The molecule has 196 valence electrons. The van der Waals surface area contributed by atoms with Crippen molar-refractivity contribution in [3.05, 3.63) is 60.6 Å². The van der Waals surface area contributed by atoms with Gasteiger partial charge in [0.15, 0.2) is 0 Å². The van der Waals surface area contributed by atoms with Crippen LogP contribution in [0.25, 0.3) is 0 Å². The number of halogens is 4. The van der Waals surface area contributed by atoms with Crippen molar-refractivity contribution in [1.82, 2.24) is 0 Å². The average molecular weight is 540 g/mol. The summed E-state index contributed by atoms with van der Waals surface area (Å²) in [4.78, 5) is 22.1. The van der Waals surface area contributed by atoms with Gasteiger partial charge in [0.05, 0.1) is 37.6 Å². The van der Waals surface area contributed by atoms with Crippen molar-refractivity contribution in [1.29, 1.82) is 10.5 Å². The summed E-state index contributed by atoms with van der Waals surface area (Å²) >= 11 is 5.70. The van der Waals surface area contributed by atoms with E-state index in [1.165, 1.54) is 19.2 Å². The van der Waals surface area contributed by atoms with Crippen molar-refractivity contribution < 1.29 is 23.0 Å². The quantitative estimate of drug-likeness (QED) is 0.371. The third kappa shape index (κ3) is 6.89. The predicted molar refractivity (Wildman–Crippen MR) is 131 cm³/mol.